The summed E-state index contributed by atoms with van der Waals surface area (Å²) < 4.78 is 7.19. The summed E-state index contributed by atoms with van der Waals surface area (Å²) in [6, 6.07) is 17.9. The van der Waals surface area contributed by atoms with Crippen LogP contribution >= 0.6 is 0 Å². The quantitative estimate of drug-likeness (QED) is 0.458. The number of amides is 1. The van der Waals surface area contributed by atoms with Crippen molar-refractivity contribution in [2.45, 2.75) is 32.9 Å². The number of aromatic amines is 1. The molecule has 1 aliphatic heterocycles. The van der Waals surface area contributed by atoms with Gasteiger partial charge in [-0.25, -0.2) is 4.79 Å². The van der Waals surface area contributed by atoms with Crippen molar-refractivity contribution in [2.24, 2.45) is 0 Å². The second-order valence-corrected chi connectivity index (χ2v) is 8.21. The fraction of sp³-hybridized carbons (Fsp3) is 0.269. The first-order valence-electron chi connectivity index (χ1n) is 11.3. The van der Waals surface area contributed by atoms with Crippen molar-refractivity contribution in [2.75, 3.05) is 13.2 Å². The summed E-state index contributed by atoms with van der Waals surface area (Å²) in [5.74, 6) is -0.488. The Morgan fingerprint density at radius 3 is 2.79 bits per heavy atom. The van der Waals surface area contributed by atoms with Crippen LogP contribution < -0.4 is 0 Å². The Morgan fingerprint density at radius 1 is 1.12 bits per heavy atom. The van der Waals surface area contributed by atoms with Crippen molar-refractivity contribution in [1.82, 2.24) is 19.7 Å². The van der Waals surface area contributed by atoms with E-state index in [2.05, 4.69) is 22.2 Å². The van der Waals surface area contributed by atoms with Gasteiger partial charge in [0, 0.05) is 48.0 Å². The minimum atomic E-state index is -0.436. The van der Waals surface area contributed by atoms with E-state index in [0.29, 0.717) is 37.3 Å². The summed E-state index contributed by atoms with van der Waals surface area (Å²) >= 11 is 0. The Morgan fingerprint density at radius 2 is 1.97 bits per heavy atom. The zero-order chi connectivity index (χ0) is 22.8. The van der Waals surface area contributed by atoms with E-state index in [1.54, 1.807) is 11.8 Å². The molecule has 0 bridgehead atoms. The van der Waals surface area contributed by atoms with E-state index in [1.807, 2.05) is 53.3 Å². The highest BCUT2D eigenvalue weighted by molar-refractivity contribution is 5.98. The normalized spacial score (nSPS) is 13.2. The smallest absolute Gasteiger partial charge is 0.359 e. The minimum absolute atomic E-state index is 0.0519. The first-order chi connectivity index (χ1) is 16.1. The highest BCUT2D eigenvalue weighted by Crippen LogP contribution is 2.26. The molecule has 0 unspecified atom stereocenters. The zero-order valence-electron chi connectivity index (χ0n) is 18.6. The molecule has 3 heterocycles. The van der Waals surface area contributed by atoms with Gasteiger partial charge in [0.15, 0.2) is 5.69 Å². The molecule has 0 atom stereocenters. The number of carbonyl (C=O) groups excluding carboxylic acids is 2. The first-order valence-corrected chi connectivity index (χ1v) is 11.3. The molecule has 1 N–H and O–H groups in total. The molecule has 0 aliphatic carbocycles. The summed E-state index contributed by atoms with van der Waals surface area (Å²) in [7, 11) is 0. The van der Waals surface area contributed by atoms with Gasteiger partial charge in [-0.05, 0) is 42.5 Å². The highest BCUT2D eigenvalue weighted by Gasteiger charge is 2.31. The second-order valence-electron chi connectivity index (χ2n) is 8.21. The summed E-state index contributed by atoms with van der Waals surface area (Å²) in [6.07, 6.45) is 3.32. The van der Waals surface area contributed by atoms with Crippen LogP contribution in [0.4, 0.5) is 0 Å². The molecule has 33 heavy (non-hydrogen) atoms. The Balaban J connectivity index is 1.41. The largest absolute Gasteiger partial charge is 0.461 e. The van der Waals surface area contributed by atoms with Gasteiger partial charge in [-0.1, -0.05) is 36.4 Å². The predicted molar refractivity (Wildman–Crippen MR) is 125 cm³/mol. The third-order valence-corrected chi connectivity index (χ3v) is 6.15. The Hall–Kier alpha value is -3.87. The van der Waals surface area contributed by atoms with Crippen LogP contribution in [0.3, 0.4) is 0 Å². The first kappa shape index (κ1) is 21.0. The average molecular weight is 443 g/mol. The number of hydrogen-bond donors (Lipinski definition) is 1. The minimum Gasteiger partial charge on any atom is -0.461 e. The summed E-state index contributed by atoms with van der Waals surface area (Å²) in [6.45, 7) is 3.65. The second kappa shape index (κ2) is 8.94. The monoisotopic (exact) mass is 442 g/mol. The molecule has 7 nitrogen and oxygen atoms in total. The predicted octanol–water partition coefficient (Wildman–Crippen LogP) is 3.98. The molecule has 5 rings (SSSR count). The number of nitrogens with one attached hydrogen (secondary N) is 1. The lowest BCUT2D eigenvalue weighted by molar-refractivity contribution is 0.0513. The zero-order valence-corrected chi connectivity index (χ0v) is 18.6. The molecule has 0 fully saturated rings. The van der Waals surface area contributed by atoms with Gasteiger partial charge in [0.05, 0.1) is 13.2 Å². The van der Waals surface area contributed by atoms with E-state index in [9.17, 15) is 9.59 Å². The lowest BCUT2D eigenvalue weighted by Crippen LogP contribution is -2.36. The number of H-pyrrole nitrogens is 1. The molecule has 0 radical (unpaired) electrons. The number of hydrogen-bond acceptors (Lipinski definition) is 4. The average Bonchev–Trinajstić information content (AvgIpc) is 3.47. The Bertz CT molecular complexity index is 1310. The molecule has 1 aliphatic rings. The number of ether oxygens (including phenoxy) is 1. The van der Waals surface area contributed by atoms with Crippen LogP contribution in [-0.2, 0) is 30.7 Å². The fourth-order valence-corrected chi connectivity index (χ4v) is 4.46. The molecule has 0 saturated heterocycles. The van der Waals surface area contributed by atoms with Gasteiger partial charge < -0.3 is 14.6 Å². The molecule has 1 amide bonds. The van der Waals surface area contributed by atoms with Gasteiger partial charge in [0.25, 0.3) is 5.91 Å². The molecule has 0 spiro atoms. The number of carbonyl (C=O) groups is 2. The van der Waals surface area contributed by atoms with E-state index in [1.165, 1.54) is 5.56 Å². The molecule has 0 saturated carbocycles. The van der Waals surface area contributed by atoms with Crippen LogP contribution in [-0.4, -0.2) is 44.7 Å². The van der Waals surface area contributed by atoms with Crippen LogP contribution in [0, 0.1) is 0 Å². The third-order valence-electron chi connectivity index (χ3n) is 6.15. The van der Waals surface area contributed by atoms with Crippen molar-refractivity contribution >= 4 is 22.8 Å². The SMILES string of the molecule is CCOC(=O)c1nn(CCc2ccccc2)c2c1CN(C(=O)c1ccc3cc[nH]c3c1)CC2. The number of esters is 1. The van der Waals surface area contributed by atoms with Crippen molar-refractivity contribution in [1.29, 1.82) is 0 Å². The Labute approximate surface area is 192 Å². The van der Waals surface area contributed by atoms with Gasteiger partial charge >= 0.3 is 5.97 Å². The topological polar surface area (TPSA) is 80.2 Å². The maximum Gasteiger partial charge on any atom is 0.359 e. The van der Waals surface area contributed by atoms with Crippen molar-refractivity contribution in [3.8, 4) is 0 Å². The molecule has 2 aromatic carbocycles. The summed E-state index contributed by atoms with van der Waals surface area (Å²) in [5, 5.41) is 5.69. The highest BCUT2D eigenvalue weighted by atomic mass is 16.5. The number of fused-ring (bicyclic) bond motifs is 2. The molecule has 7 heteroatoms. The lowest BCUT2D eigenvalue weighted by atomic mass is 10.0. The van der Waals surface area contributed by atoms with Crippen LogP contribution in [0.15, 0.2) is 60.8 Å². The standard InChI is InChI=1S/C26H26N4O3/c1-2-33-26(32)24-21-17-29(25(31)20-9-8-19-10-13-27-22(19)16-20)14-12-23(21)30(28-24)15-11-18-6-4-3-5-7-18/h3-10,13,16,27H,2,11-12,14-15,17H2,1H3. The van der Waals surface area contributed by atoms with Crippen molar-refractivity contribution in [3.05, 3.63) is 88.9 Å². The molecule has 2 aromatic heterocycles. The summed E-state index contributed by atoms with van der Waals surface area (Å²) in [4.78, 5) is 30.9. The lowest BCUT2D eigenvalue weighted by Gasteiger charge is -2.28. The maximum absolute atomic E-state index is 13.3. The van der Waals surface area contributed by atoms with Crippen molar-refractivity contribution < 1.29 is 14.3 Å². The van der Waals surface area contributed by atoms with Crippen molar-refractivity contribution in [3.63, 3.8) is 0 Å². The summed E-state index contributed by atoms with van der Waals surface area (Å²) in [5.41, 5.74) is 4.89. The number of aromatic nitrogens is 3. The van der Waals surface area contributed by atoms with Crippen LogP contribution in [0.25, 0.3) is 10.9 Å². The Kier molecular flexibility index (Phi) is 5.69. The van der Waals surface area contributed by atoms with Gasteiger partial charge in [0.2, 0.25) is 0 Å². The van der Waals surface area contributed by atoms with Gasteiger partial charge in [0.1, 0.15) is 0 Å². The third kappa shape index (κ3) is 4.14. The van der Waals surface area contributed by atoms with E-state index in [-0.39, 0.29) is 12.5 Å². The van der Waals surface area contributed by atoms with Gasteiger partial charge in [-0.3, -0.25) is 9.48 Å². The number of aryl methyl sites for hydroxylation is 2. The van der Waals surface area contributed by atoms with Crippen LogP contribution in [0.2, 0.25) is 0 Å². The molecular formula is C26H26N4O3. The fourth-order valence-electron chi connectivity index (χ4n) is 4.46. The van der Waals surface area contributed by atoms with E-state index in [0.717, 1.165) is 28.6 Å². The number of rotatable bonds is 6. The van der Waals surface area contributed by atoms with Gasteiger partial charge in [-0.2, -0.15) is 5.10 Å². The number of benzene rings is 2. The van der Waals surface area contributed by atoms with Gasteiger partial charge in [-0.15, -0.1) is 0 Å². The van der Waals surface area contributed by atoms with E-state index in [4.69, 9.17) is 4.74 Å². The molecular weight excluding hydrogens is 416 g/mol. The van der Waals surface area contributed by atoms with E-state index >= 15 is 0 Å². The molecule has 168 valence electrons. The molecule has 4 aromatic rings. The van der Waals surface area contributed by atoms with Crippen LogP contribution in [0.5, 0.6) is 0 Å². The maximum atomic E-state index is 13.3. The van der Waals surface area contributed by atoms with Crippen LogP contribution in [0.1, 0.15) is 44.6 Å². The van der Waals surface area contributed by atoms with E-state index < -0.39 is 5.97 Å². The number of nitrogens with zero attached hydrogens (tertiary/aromatic N) is 3.